The lowest BCUT2D eigenvalue weighted by atomic mass is 9.97. The SMILES string of the molecule is Cc1ccccc1Cc1nc(CN2CCC[C@@H](C(=O)NCC3CC3)C2)no1. The summed E-state index contributed by atoms with van der Waals surface area (Å²) in [4.78, 5) is 19.2. The van der Waals surface area contributed by atoms with Crippen LogP contribution >= 0.6 is 0 Å². The van der Waals surface area contributed by atoms with E-state index in [2.05, 4.69) is 39.4 Å². The van der Waals surface area contributed by atoms with Crippen LogP contribution in [0.2, 0.25) is 0 Å². The van der Waals surface area contributed by atoms with Gasteiger partial charge in [-0.2, -0.15) is 4.98 Å². The molecule has 2 aliphatic rings. The number of carbonyl (C=O) groups excluding carboxylic acids is 1. The number of carbonyl (C=O) groups is 1. The van der Waals surface area contributed by atoms with E-state index in [1.807, 2.05) is 12.1 Å². The predicted octanol–water partition coefficient (Wildman–Crippen LogP) is 2.71. The number of likely N-dealkylation sites (tertiary alicyclic amines) is 1. The Labute approximate surface area is 160 Å². The maximum Gasteiger partial charge on any atom is 0.231 e. The van der Waals surface area contributed by atoms with E-state index < -0.39 is 0 Å². The molecular formula is C21H28N4O2. The molecule has 1 aromatic carbocycles. The number of aromatic nitrogens is 2. The Morgan fingerprint density at radius 1 is 1.30 bits per heavy atom. The zero-order chi connectivity index (χ0) is 18.6. The van der Waals surface area contributed by atoms with E-state index in [4.69, 9.17) is 4.52 Å². The van der Waals surface area contributed by atoms with E-state index in [1.165, 1.54) is 24.0 Å². The number of hydrogen-bond acceptors (Lipinski definition) is 5. The van der Waals surface area contributed by atoms with E-state index in [1.54, 1.807) is 0 Å². The molecule has 1 aliphatic carbocycles. The zero-order valence-electron chi connectivity index (χ0n) is 16.0. The maximum absolute atomic E-state index is 12.4. The topological polar surface area (TPSA) is 71.3 Å². The highest BCUT2D eigenvalue weighted by molar-refractivity contribution is 5.79. The number of amides is 1. The molecule has 1 N–H and O–H groups in total. The number of rotatable bonds is 7. The van der Waals surface area contributed by atoms with Crippen molar-refractivity contribution < 1.29 is 9.32 Å². The third-order valence-electron chi connectivity index (χ3n) is 5.62. The van der Waals surface area contributed by atoms with E-state index >= 15 is 0 Å². The van der Waals surface area contributed by atoms with Crippen LogP contribution in [0.1, 0.15) is 48.5 Å². The van der Waals surface area contributed by atoms with Crippen LogP contribution in [-0.2, 0) is 17.8 Å². The minimum atomic E-state index is 0.0795. The van der Waals surface area contributed by atoms with E-state index in [0.29, 0.717) is 24.7 Å². The van der Waals surface area contributed by atoms with Gasteiger partial charge in [0, 0.05) is 13.1 Å². The first-order valence-corrected chi connectivity index (χ1v) is 10.0. The highest BCUT2D eigenvalue weighted by Crippen LogP contribution is 2.28. The number of hydrogen-bond donors (Lipinski definition) is 1. The Morgan fingerprint density at radius 3 is 2.96 bits per heavy atom. The summed E-state index contributed by atoms with van der Waals surface area (Å²) in [6.07, 6.45) is 5.19. The third kappa shape index (κ3) is 4.95. The van der Waals surface area contributed by atoms with Gasteiger partial charge in [-0.25, -0.2) is 0 Å². The summed E-state index contributed by atoms with van der Waals surface area (Å²) in [5.74, 6) is 2.36. The van der Waals surface area contributed by atoms with Crippen molar-refractivity contribution in [2.24, 2.45) is 11.8 Å². The van der Waals surface area contributed by atoms with Crippen molar-refractivity contribution in [2.45, 2.75) is 45.6 Å². The predicted molar refractivity (Wildman–Crippen MR) is 102 cm³/mol. The molecule has 1 amide bonds. The Hall–Kier alpha value is -2.21. The van der Waals surface area contributed by atoms with E-state index in [-0.39, 0.29) is 11.8 Å². The van der Waals surface area contributed by atoms with Gasteiger partial charge in [0.05, 0.1) is 18.9 Å². The summed E-state index contributed by atoms with van der Waals surface area (Å²) in [7, 11) is 0. The second kappa shape index (κ2) is 8.21. The fourth-order valence-corrected chi connectivity index (χ4v) is 3.72. The van der Waals surface area contributed by atoms with Gasteiger partial charge in [0.1, 0.15) is 0 Å². The van der Waals surface area contributed by atoms with E-state index in [0.717, 1.165) is 38.4 Å². The molecule has 0 radical (unpaired) electrons. The zero-order valence-corrected chi connectivity index (χ0v) is 16.0. The molecule has 2 fully saturated rings. The monoisotopic (exact) mass is 368 g/mol. The van der Waals surface area contributed by atoms with Gasteiger partial charge in [-0.3, -0.25) is 9.69 Å². The molecule has 144 valence electrons. The molecule has 1 saturated carbocycles. The van der Waals surface area contributed by atoms with Crippen LogP contribution in [0.25, 0.3) is 0 Å². The standard InChI is InChI=1S/C21H28N4O2/c1-15-5-2-3-6-17(15)11-20-23-19(24-27-20)14-25-10-4-7-18(13-25)21(26)22-12-16-8-9-16/h2-3,5-6,16,18H,4,7-14H2,1H3,(H,22,26)/t18-/m1/s1. The molecule has 0 bridgehead atoms. The Balaban J connectivity index is 1.30. The van der Waals surface area contributed by atoms with Gasteiger partial charge in [-0.15, -0.1) is 0 Å². The number of benzene rings is 1. The van der Waals surface area contributed by atoms with Gasteiger partial charge in [0.2, 0.25) is 11.8 Å². The lowest BCUT2D eigenvalue weighted by molar-refractivity contribution is -0.126. The lowest BCUT2D eigenvalue weighted by Crippen LogP contribution is -2.43. The summed E-state index contributed by atoms with van der Waals surface area (Å²) in [6.45, 7) is 5.34. The molecule has 1 aliphatic heterocycles. The summed E-state index contributed by atoms with van der Waals surface area (Å²) in [5, 5.41) is 7.27. The van der Waals surface area contributed by atoms with E-state index in [9.17, 15) is 4.79 Å². The summed E-state index contributed by atoms with van der Waals surface area (Å²) >= 11 is 0. The second-order valence-electron chi connectivity index (χ2n) is 7.97. The molecule has 6 nitrogen and oxygen atoms in total. The van der Waals surface area contributed by atoms with Crippen molar-refractivity contribution in [2.75, 3.05) is 19.6 Å². The van der Waals surface area contributed by atoms with Crippen LogP contribution in [0.15, 0.2) is 28.8 Å². The number of nitrogens with zero attached hydrogens (tertiary/aromatic N) is 3. The fourth-order valence-electron chi connectivity index (χ4n) is 3.72. The number of aryl methyl sites for hydroxylation is 1. The van der Waals surface area contributed by atoms with Gasteiger partial charge < -0.3 is 9.84 Å². The molecule has 1 saturated heterocycles. The van der Waals surface area contributed by atoms with Gasteiger partial charge >= 0.3 is 0 Å². The van der Waals surface area contributed by atoms with Crippen molar-refractivity contribution >= 4 is 5.91 Å². The minimum Gasteiger partial charge on any atom is -0.356 e. The lowest BCUT2D eigenvalue weighted by Gasteiger charge is -2.31. The first-order chi connectivity index (χ1) is 13.2. The maximum atomic E-state index is 12.4. The van der Waals surface area contributed by atoms with Gasteiger partial charge in [-0.1, -0.05) is 29.4 Å². The highest BCUT2D eigenvalue weighted by atomic mass is 16.5. The normalized spacial score (nSPS) is 20.6. The van der Waals surface area contributed by atoms with Crippen molar-refractivity contribution in [1.82, 2.24) is 20.4 Å². The number of piperidine rings is 1. The molecule has 4 rings (SSSR count). The second-order valence-corrected chi connectivity index (χ2v) is 7.97. The average Bonchev–Trinajstić information content (AvgIpc) is 3.41. The largest absolute Gasteiger partial charge is 0.356 e. The Morgan fingerprint density at radius 2 is 2.15 bits per heavy atom. The van der Waals surface area contributed by atoms with Crippen molar-refractivity contribution in [3.05, 3.63) is 47.1 Å². The Kier molecular flexibility index (Phi) is 5.53. The Bertz CT molecular complexity index is 784. The van der Waals surface area contributed by atoms with Crippen molar-refractivity contribution in [3.8, 4) is 0 Å². The number of nitrogens with one attached hydrogen (secondary N) is 1. The smallest absolute Gasteiger partial charge is 0.231 e. The van der Waals surface area contributed by atoms with Crippen LogP contribution < -0.4 is 5.32 Å². The minimum absolute atomic E-state index is 0.0795. The van der Waals surface area contributed by atoms with Gasteiger partial charge in [0.25, 0.3) is 0 Å². The van der Waals surface area contributed by atoms with Gasteiger partial charge in [0.15, 0.2) is 5.82 Å². The van der Waals surface area contributed by atoms with Crippen molar-refractivity contribution in [1.29, 1.82) is 0 Å². The molecular weight excluding hydrogens is 340 g/mol. The summed E-state index contributed by atoms with van der Waals surface area (Å²) < 4.78 is 5.44. The summed E-state index contributed by atoms with van der Waals surface area (Å²) in [6, 6.07) is 8.25. The van der Waals surface area contributed by atoms with Crippen molar-refractivity contribution in [3.63, 3.8) is 0 Å². The van der Waals surface area contributed by atoms with Crippen LogP contribution in [0.4, 0.5) is 0 Å². The fraction of sp³-hybridized carbons (Fsp3) is 0.571. The molecule has 2 aromatic rings. The molecule has 0 unspecified atom stereocenters. The van der Waals surface area contributed by atoms with Crippen LogP contribution in [0.3, 0.4) is 0 Å². The molecule has 6 heteroatoms. The van der Waals surface area contributed by atoms with Crippen LogP contribution in [0, 0.1) is 18.8 Å². The van der Waals surface area contributed by atoms with Crippen LogP contribution in [-0.4, -0.2) is 40.6 Å². The molecule has 27 heavy (non-hydrogen) atoms. The molecule has 1 aromatic heterocycles. The highest BCUT2D eigenvalue weighted by Gasteiger charge is 2.28. The van der Waals surface area contributed by atoms with Crippen LogP contribution in [0.5, 0.6) is 0 Å². The summed E-state index contributed by atoms with van der Waals surface area (Å²) in [5.41, 5.74) is 2.44. The third-order valence-corrected chi connectivity index (χ3v) is 5.62. The molecule has 0 spiro atoms. The first-order valence-electron chi connectivity index (χ1n) is 10.0. The molecule has 1 atom stereocenters. The quantitative estimate of drug-likeness (QED) is 0.814. The molecule has 2 heterocycles. The van der Waals surface area contributed by atoms with Gasteiger partial charge in [-0.05, 0) is 56.2 Å². The first kappa shape index (κ1) is 18.2. The average molecular weight is 368 g/mol.